The van der Waals surface area contributed by atoms with E-state index < -0.39 is 0 Å². The molecule has 0 fully saturated rings. The molecular formula is C20H17IN2O. The molecule has 1 amide bonds. The first-order valence-electron chi connectivity index (χ1n) is 7.65. The summed E-state index contributed by atoms with van der Waals surface area (Å²) in [5, 5.41) is 0. The maximum Gasteiger partial charge on any atom is 0.254 e. The summed E-state index contributed by atoms with van der Waals surface area (Å²) in [6.45, 7) is 0. The predicted octanol–water partition coefficient (Wildman–Crippen LogP) is 4.55. The molecule has 24 heavy (non-hydrogen) atoms. The molecule has 4 heteroatoms. The molecule has 0 aliphatic rings. The van der Waals surface area contributed by atoms with Crippen LogP contribution < -0.4 is 0 Å². The third kappa shape index (κ3) is 3.64. The Morgan fingerprint density at radius 3 is 2.42 bits per heavy atom. The Morgan fingerprint density at radius 2 is 1.75 bits per heavy atom. The largest absolute Gasteiger partial charge is 0.329 e. The second-order valence-corrected chi connectivity index (χ2v) is 6.74. The van der Waals surface area contributed by atoms with Gasteiger partial charge in [0.2, 0.25) is 0 Å². The number of hydrogen-bond donors (Lipinski definition) is 0. The monoisotopic (exact) mass is 428 g/mol. The summed E-state index contributed by atoms with van der Waals surface area (Å²) in [4.78, 5) is 19.2. The molecule has 1 atom stereocenters. The molecule has 0 radical (unpaired) electrons. The zero-order valence-corrected chi connectivity index (χ0v) is 15.4. The molecule has 0 saturated heterocycles. The maximum absolute atomic E-state index is 13.0. The Labute approximate surface area is 155 Å². The molecule has 3 rings (SSSR count). The SMILES string of the molecule is CN(C(=O)c1cccc(I)c1)C(c1ccccc1)c1ccccn1. The normalized spacial score (nSPS) is 11.8. The fourth-order valence-electron chi connectivity index (χ4n) is 2.71. The van der Waals surface area contributed by atoms with Crippen molar-refractivity contribution in [3.8, 4) is 0 Å². The van der Waals surface area contributed by atoms with Gasteiger partial charge in [-0.2, -0.15) is 0 Å². The first-order chi connectivity index (χ1) is 11.7. The van der Waals surface area contributed by atoms with Gasteiger partial charge < -0.3 is 4.90 Å². The molecule has 0 spiro atoms. The zero-order chi connectivity index (χ0) is 16.9. The number of amides is 1. The number of nitrogens with zero attached hydrogens (tertiary/aromatic N) is 2. The minimum atomic E-state index is -0.224. The van der Waals surface area contributed by atoms with Gasteiger partial charge in [0.25, 0.3) is 5.91 Å². The van der Waals surface area contributed by atoms with Crippen molar-refractivity contribution in [2.75, 3.05) is 7.05 Å². The highest BCUT2D eigenvalue weighted by Gasteiger charge is 2.25. The van der Waals surface area contributed by atoms with Crippen molar-refractivity contribution in [2.45, 2.75) is 6.04 Å². The lowest BCUT2D eigenvalue weighted by Gasteiger charge is -2.28. The number of carbonyl (C=O) groups excluding carboxylic acids is 1. The highest BCUT2D eigenvalue weighted by Crippen LogP contribution is 2.27. The first kappa shape index (κ1) is 16.6. The van der Waals surface area contributed by atoms with Crippen LogP contribution in [0.5, 0.6) is 0 Å². The predicted molar refractivity (Wildman–Crippen MR) is 104 cm³/mol. The summed E-state index contributed by atoms with van der Waals surface area (Å²) in [6, 6.07) is 23.2. The van der Waals surface area contributed by atoms with Crippen molar-refractivity contribution in [2.24, 2.45) is 0 Å². The molecule has 1 heterocycles. The topological polar surface area (TPSA) is 33.2 Å². The molecule has 2 aromatic carbocycles. The van der Waals surface area contributed by atoms with Crippen LogP contribution in [0.2, 0.25) is 0 Å². The molecule has 0 bridgehead atoms. The van der Waals surface area contributed by atoms with Gasteiger partial charge in [-0.15, -0.1) is 0 Å². The second kappa shape index (κ2) is 7.57. The van der Waals surface area contributed by atoms with E-state index in [1.165, 1.54) is 0 Å². The summed E-state index contributed by atoms with van der Waals surface area (Å²) >= 11 is 2.22. The van der Waals surface area contributed by atoms with Crippen molar-refractivity contribution in [1.29, 1.82) is 0 Å². The Hall–Kier alpha value is -2.21. The minimum Gasteiger partial charge on any atom is -0.329 e. The van der Waals surface area contributed by atoms with E-state index in [-0.39, 0.29) is 11.9 Å². The van der Waals surface area contributed by atoms with E-state index in [0.717, 1.165) is 14.8 Å². The van der Waals surface area contributed by atoms with Crippen LogP contribution in [0.4, 0.5) is 0 Å². The summed E-state index contributed by atoms with van der Waals surface area (Å²) in [5.74, 6) is -0.0203. The lowest BCUT2D eigenvalue weighted by molar-refractivity contribution is 0.0752. The van der Waals surface area contributed by atoms with Gasteiger partial charge in [0.05, 0.1) is 11.7 Å². The molecule has 3 nitrogen and oxygen atoms in total. The van der Waals surface area contributed by atoms with Crippen molar-refractivity contribution >= 4 is 28.5 Å². The second-order valence-electron chi connectivity index (χ2n) is 5.49. The third-order valence-corrected chi connectivity index (χ3v) is 4.53. The molecule has 0 saturated carbocycles. The lowest BCUT2D eigenvalue weighted by Crippen LogP contribution is -2.32. The average molecular weight is 428 g/mol. The van der Waals surface area contributed by atoms with Gasteiger partial charge in [-0.25, -0.2) is 0 Å². The van der Waals surface area contributed by atoms with Crippen LogP contribution in [0, 0.1) is 3.57 Å². The van der Waals surface area contributed by atoms with E-state index in [1.54, 1.807) is 11.1 Å². The third-order valence-electron chi connectivity index (χ3n) is 3.86. The quantitative estimate of drug-likeness (QED) is 0.572. The number of rotatable bonds is 4. The number of hydrogen-bond acceptors (Lipinski definition) is 2. The van der Waals surface area contributed by atoms with Gasteiger partial charge in [0.1, 0.15) is 0 Å². The Kier molecular flexibility index (Phi) is 5.25. The Bertz CT molecular complexity index is 782. The van der Waals surface area contributed by atoms with Crippen LogP contribution in [0.1, 0.15) is 27.7 Å². The van der Waals surface area contributed by atoms with E-state index >= 15 is 0 Å². The van der Waals surface area contributed by atoms with Gasteiger partial charge >= 0.3 is 0 Å². The van der Waals surface area contributed by atoms with Crippen LogP contribution in [-0.2, 0) is 0 Å². The smallest absolute Gasteiger partial charge is 0.254 e. The van der Waals surface area contributed by atoms with Gasteiger partial charge in [-0.3, -0.25) is 9.78 Å². The van der Waals surface area contributed by atoms with E-state index in [2.05, 4.69) is 27.6 Å². The number of aromatic nitrogens is 1. The van der Waals surface area contributed by atoms with Gasteiger partial charge in [-0.1, -0.05) is 42.5 Å². The molecule has 120 valence electrons. The molecule has 0 aliphatic heterocycles. The van der Waals surface area contributed by atoms with Crippen LogP contribution in [0.25, 0.3) is 0 Å². The van der Waals surface area contributed by atoms with E-state index in [1.807, 2.05) is 79.8 Å². The van der Waals surface area contributed by atoms with Crippen molar-refractivity contribution in [3.05, 3.63) is 99.4 Å². The summed E-state index contributed by atoms with van der Waals surface area (Å²) in [5.41, 5.74) is 2.57. The molecule has 1 aromatic heterocycles. The van der Waals surface area contributed by atoms with E-state index in [0.29, 0.717) is 5.56 Å². The minimum absolute atomic E-state index is 0.0203. The van der Waals surface area contributed by atoms with Gasteiger partial charge in [-0.05, 0) is 58.5 Å². The van der Waals surface area contributed by atoms with Gasteiger partial charge in [0, 0.05) is 22.4 Å². The molecule has 0 N–H and O–H groups in total. The van der Waals surface area contributed by atoms with Crippen molar-refractivity contribution < 1.29 is 4.79 Å². The maximum atomic E-state index is 13.0. The lowest BCUT2D eigenvalue weighted by atomic mass is 10.0. The molecule has 3 aromatic rings. The fraction of sp³-hybridized carbons (Fsp3) is 0.100. The summed E-state index contributed by atoms with van der Waals surface area (Å²) < 4.78 is 1.04. The molecular weight excluding hydrogens is 411 g/mol. The summed E-state index contributed by atoms with van der Waals surface area (Å²) in [7, 11) is 1.83. The highest BCUT2D eigenvalue weighted by molar-refractivity contribution is 14.1. The van der Waals surface area contributed by atoms with Crippen molar-refractivity contribution in [1.82, 2.24) is 9.88 Å². The van der Waals surface area contributed by atoms with Gasteiger partial charge in [0.15, 0.2) is 0 Å². The molecule has 1 unspecified atom stereocenters. The zero-order valence-electron chi connectivity index (χ0n) is 13.3. The number of carbonyl (C=O) groups is 1. The van der Waals surface area contributed by atoms with Crippen LogP contribution >= 0.6 is 22.6 Å². The molecule has 0 aliphatic carbocycles. The Morgan fingerprint density at radius 1 is 1.00 bits per heavy atom. The standard InChI is InChI=1S/C20H17IN2O/c1-23(20(24)16-10-7-11-17(21)14-16)19(15-8-3-2-4-9-15)18-12-5-6-13-22-18/h2-14,19H,1H3. The van der Waals surface area contributed by atoms with Crippen molar-refractivity contribution in [3.63, 3.8) is 0 Å². The number of benzene rings is 2. The number of halogens is 1. The van der Waals surface area contributed by atoms with E-state index in [4.69, 9.17) is 0 Å². The fourth-order valence-corrected chi connectivity index (χ4v) is 3.25. The van der Waals surface area contributed by atoms with E-state index in [9.17, 15) is 4.79 Å². The summed E-state index contributed by atoms with van der Waals surface area (Å²) in [6.07, 6.45) is 1.76. The van der Waals surface area contributed by atoms with Crippen LogP contribution in [0.3, 0.4) is 0 Å². The first-order valence-corrected chi connectivity index (χ1v) is 8.73. The Balaban J connectivity index is 2.01. The number of pyridine rings is 1. The van der Waals surface area contributed by atoms with Crippen LogP contribution in [0.15, 0.2) is 79.0 Å². The highest BCUT2D eigenvalue weighted by atomic mass is 127. The average Bonchev–Trinajstić information content (AvgIpc) is 2.63. The van der Waals surface area contributed by atoms with Crippen LogP contribution in [-0.4, -0.2) is 22.8 Å².